The van der Waals surface area contributed by atoms with Crippen LogP contribution in [0, 0.1) is 11.3 Å². The van der Waals surface area contributed by atoms with Crippen LogP contribution in [0.2, 0.25) is 0 Å². The molecule has 0 radical (unpaired) electrons. The van der Waals surface area contributed by atoms with Gasteiger partial charge in [0.25, 0.3) is 10.0 Å². The number of sulfonamides is 1. The van der Waals surface area contributed by atoms with Crippen molar-refractivity contribution in [3.8, 4) is 6.07 Å². The first kappa shape index (κ1) is 15.0. The Morgan fingerprint density at radius 3 is 2.79 bits per heavy atom. The van der Waals surface area contributed by atoms with Crippen molar-refractivity contribution in [2.45, 2.75) is 24.7 Å². The van der Waals surface area contributed by atoms with E-state index in [-0.39, 0.29) is 10.5 Å². The third kappa shape index (κ3) is 4.60. The van der Waals surface area contributed by atoms with Crippen molar-refractivity contribution in [3.63, 3.8) is 0 Å². The van der Waals surface area contributed by atoms with Crippen LogP contribution < -0.4 is 10.0 Å². The van der Waals surface area contributed by atoms with Gasteiger partial charge in [-0.1, -0.05) is 19.4 Å². The fourth-order valence-electron chi connectivity index (χ4n) is 1.33. The number of carbonyl (C=O) groups excluding carboxylic acids is 1. The van der Waals surface area contributed by atoms with Crippen molar-refractivity contribution >= 4 is 16.1 Å². The molecule has 0 saturated heterocycles. The first-order chi connectivity index (χ1) is 8.99. The van der Waals surface area contributed by atoms with Gasteiger partial charge >= 0.3 is 6.03 Å². The van der Waals surface area contributed by atoms with Gasteiger partial charge in [0.15, 0.2) is 0 Å². The summed E-state index contributed by atoms with van der Waals surface area (Å²) < 4.78 is 25.6. The fourth-order valence-corrected chi connectivity index (χ4v) is 2.30. The molecule has 0 aliphatic heterocycles. The van der Waals surface area contributed by atoms with Gasteiger partial charge in [0.2, 0.25) is 0 Å². The zero-order chi connectivity index (χ0) is 14.3. The summed E-state index contributed by atoms with van der Waals surface area (Å²) >= 11 is 0. The van der Waals surface area contributed by atoms with Gasteiger partial charge in [-0.15, -0.1) is 0 Å². The molecule has 19 heavy (non-hydrogen) atoms. The largest absolute Gasteiger partial charge is 0.337 e. The first-order valence-corrected chi connectivity index (χ1v) is 7.28. The van der Waals surface area contributed by atoms with Crippen LogP contribution in [-0.4, -0.2) is 21.0 Å². The molecule has 7 heteroatoms. The summed E-state index contributed by atoms with van der Waals surface area (Å²) in [4.78, 5) is 11.3. The van der Waals surface area contributed by atoms with Crippen LogP contribution >= 0.6 is 0 Å². The first-order valence-electron chi connectivity index (χ1n) is 5.80. The number of nitriles is 1. The lowest BCUT2D eigenvalue weighted by Crippen LogP contribution is -2.39. The van der Waals surface area contributed by atoms with Crippen LogP contribution in [0.25, 0.3) is 0 Å². The molecule has 0 aliphatic carbocycles. The second-order valence-electron chi connectivity index (χ2n) is 3.85. The minimum absolute atomic E-state index is 0.114. The molecule has 0 fully saturated rings. The number of urea groups is 1. The standard InChI is InChI=1S/C12H15N3O3S/c1-2-3-7-14-12(16)15-19(17,18)11-6-4-5-10(8-11)9-13/h4-6,8H,2-3,7H2,1H3,(H2,14,15,16). The van der Waals surface area contributed by atoms with Crippen molar-refractivity contribution in [3.05, 3.63) is 29.8 Å². The number of nitrogens with one attached hydrogen (secondary N) is 2. The number of rotatable bonds is 5. The Bertz CT molecular complexity index is 590. The predicted molar refractivity (Wildman–Crippen MR) is 69.8 cm³/mol. The quantitative estimate of drug-likeness (QED) is 0.796. The van der Waals surface area contributed by atoms with Crippen LogP contribution in [0.5, 0.6) is 0 Å². The summed E-state index contributed by atoms with van der Waals surface area (Å²) in [5.74, 6) is 0. The predicted octanol–water partition coefficient (Wildman–Crippen LogP) is 1.35. The van der Waals surface area contributed by atoms with Gasteiger partial charge in [0.1, 0.15) is 0 Å². The van der Waals surface area contributed by atoms with Crippen LogP contribution in [0.15, 0.2) is 29.2 Å². The third-order valence-corrected chi connectivity index (χ3v) is 3.65. The monoisotopic (exact) mass is 281 g/mol. The molecule has 0 spiro atoms. The van der Waals surface area contributed by atoms with E-state index < -0.39 is 16.1 Å². The molecule has 0 heterocycles. The van der Waals surface area contributed by atoms with Crippen molar-refractivity contribution in [1.82, 2.24) is 10.0 Å². The highest BCUT2D eigenvalue weighted by Gasteiger charge is 2.17. The molecule has 0 aliphatic rings. The molecule has 102 valence electrons. The summed E-state index contributed by atoms with van der Waals surface area (Å²) in [7, 11) is -3.94. The molecule has 1 rings (SSSR count). The Labute approximate surface area is 112 Å². The number of hydrogen-bond donors (Lipinski definition) is 2. The number of hydrogen-bond acceptors (Lipinski definition) is 4. The molecule has 0 saturated carbocycles. The van der Waals surface area contributed by atoms with E-state index in [4.69, 9.17) is 5.26 Å². The maximum atomic E-state index is 11.9. The van der Waals surface area contributed by atoms with Gasteiger partial charge in [-0.2, -0.15) is 5.26 Å². The van der Waals surface area contributed by atoms with E-state index in [1.807, 2.05) is 17.7 Å². The second kappa shape index (κ2) is 6.75. The summed E-state index contributed by atoms with van der Waals surface area (Å²) in [6.45, 7) is 2.37. The molecular formula is C12H15N3O3S. The van der Waals surface area contributed by atoms with Gasteiger partial charge in [-0.25, -0.2) is 17.9 Å². The lowest BCUT2D eigenvalue weighted by molar-refractivity contribution is 0.245. The number of nitrogens with zero attached hydrogens (tertiary/aromatic N) is 1. The van der Waals surface area contributed by atoms with Crippen molar-refractivity contribution in [1.29, 1.82) is 5.26 Å². The maximum absolute atomic E-state index is 11.9. The van der Waals surface area contributed by atoms with E-state index >= 15 is 0 Å². The highest BCUT2D eigenvalue weighted by atomic mass is 32.2. The maximum Gasteiger partial charge on any atom is 0.328 e. The minimum Gasteiger partial charge on any atom is -0.337 e. The lowest BCUT2D eigenvalue weighted by atomic mass is 10.2. The molecule has 0 aromatic heterocycles. The molecular weight excluding hydrogens is 266 g/mol. The van der Waals surface area contributed by atoms with Crippen molar-refractivity contribution in [2.75, 3.05) is 6.54 Å². The molecule has 0 unspecified atom stereocenters. The van der Waals surface area contributed by atoms with Crippen LogP contribution in [-0.2, 0) is 10.0 Å². The summed E-state index contributed by atoms with van der Waals surface area (Å²) in [6, 6.07) is 6.54. The topological polar surface area (TPSA) is 99.1 Å². The van der Waals surface area contributed by atoms with Crippen LogP contribution in [0.4, 0.5) is 4.79 Å². The third-order valence-electron chi connectivity index (χ3n) is 2.32. The highest BCUT2D eigenvalue weighted by Crippen LogP contribution is 2.10. The highest BCUT2D eigenvalue weighted by molar-refractivity contribution is 7.90. The minimum atomic E-state index is -3.94. The number of benzene rings is 1. The van der Waals surface area contributed by atoms with Gasteiger partial charge in [-0.05, 0) is 24.6 Å². The van der Waals surface area contributed by atoms with Gasteiger partial charge in [0, 0.05) is 6.54 Å². The Balaban J connectivity index is 2.75. The zero-order valence-electron chi connectivity index (χ0n) is 10.5. The van der Waals surface area contributed by atoms with E-state index in [1.54, 1.807) is 0 Å². The Morgan fingerprint density at radius 2 is 2.16 bits per heavy atom. The smallest absolute Gasteiger partial charge is 0.328 e. The summed E-state index contributed by atoms with van der Waals surface area (Å²) in [5, 5.41) is 11.2. The molecule has 6 nitrogen and oxygen atoms in total. The summed E-state index contributed by atoms with van der Waals surface area (Å²) in [5.41, 5.74) is 0.217. The molecule has 1 aromatic carbocycles. The average molecular weight is 281 g/mol. The van der Waals surface area contributed by atoms with Gasteiger partial charge < -0.3 is 5.32 Å². The molecule has 2 amide bonds. The molecule has 2 N–H and O–H groups in total. The Kier molecular flexibility index (Phi) is 5.33. The Morgan fingerprint density at radius 1 is 1.42 bits per heavy atom. The Hall–Kier alpha value is -2.07. The molecule has 0 atom stereocenters. The SMILES string of the molecule is CCCCNC(=O)NS(=O)(=O)c1cccc(C#N)c1. The second-order valence-corrected chi connectivity index (χ2v) is 5.54. The lowest BCUT2D eigenvalue weighted by Gasteiger charge is -2.08. The van der Waals surface area contributed by atoms with E-state index in [9.17, 15) is 13.2 Å². The van der Waals surface area contributed by atoms with Gasteiger partial charge in [0.05, 0.1) is 16.5 Å². The normalized spacial score (nSPS) is 10.5. The number of amides is 2. The molecule has 1 aromatic rings. The fraction of sp³-hybridized carbons (Fsp3) is 0.333. The van der Waals surface area contributed by atoms with Gasteiger partial charge in [-0.3, -0.25) is 0 Å². The number of unbranched alkanes of at least 4 members (excludes halogenated alkanes) is 1. The molecule has 0 bridgehead atoms. The van der Waals surface area contributed by atoms with Crippen LogP contribution in [0.1, 0.15) is 25.3 Å². The van der Waals surface area contributed by atoms with E-state index in [1.165, 1.54) is 24.3 Å². The zero-order valence-corrected chi connectivity index (χ0v) is 11.3. The average Bonchev–Trinajstić information content (AvgIpc) is 2.38. The summed E-state index contributed by atoms with van der Waals surface area (Å²) in [6.07, 6.45) is 1.68. The van der Waals surface area contributed by atoms with E-state index in [2.05, 4.69) is 5.32 Å². The van der Waals surface area contributed by atoms with Crippen molar-refractivity contribution < 1.29 is 13.2 Å². The van der Waals surface area contributed by atoms with Crippen LogP contribution in [0.3, 0.4) is 0 Å². The number of carbonyl (C=O) groups is 1. The van der Waals surface area contributed by atoms with Crippen molar-refractivity contribution in [2.24, 2.45) is 0 Å². The van der Waals surface area contributed by atoms with E-state index in [0.717, 1.165) is 12.8 Å². The van der Waals surface area contributed by atoms with E-state index in [0.29, 0.717) is 6.54 Å².